The lowest BCUT2D eigenvalue weighted by Crippen LogP contribution is -2.12. The number of aryl methyl sites for hydroxylation is 1. The van der Waals surface area contributed by atoms with Gasteiger partial charge in [-0.25, -0.2) is 4.98 Å². The van der Waals surface area contributed by atoms with Crippen molar-refractivity contribution in [2.45, 2.75) is 38.5 Å². The molecular weight excluding hydrogens is 328 g/mol. The first-order valence-corrected chi connectivity index (χ1v) is 8.87. The second-order valence-electron chi connectivity index (χ2n) is 6.69. The predicted octanol–water partition coefficient (Wildman–Crippen LogP) is 4.35. The van der Waals surface area contributed by atoms with Crippen molar-refractivity contribution in [1.82, 2.24) is 15.1 Å². The zero-order chi connectivity index (χ0) is 17.9. The molecule has 6 nitrogen and oxygen atoms in total. The van der Waals surface area contributed by atoms with Gasteiger partial charge in [-0.05, 0) is 49.6 Å². The van der Waals surface area contributed by atoms with Crippen LogP contribution in [0.15, 0.2) is 47.1 Å². The lowest BCUT2D eigenvalue weighted by atomic mass is 10.1. The molecule has 1 amide bonds. The topological polar surface area (TPSA) is 80.9 Å². The fourth-order valence-electron chi connectivity index (χ4n) is 3.25. The number of hydrogen-bond donors (Lipinski definition) is 1. The Morgan fingerprint density at radius 3 is 2.65 bits per heavy atom. The number of benzene rings is 1. The largest absolute Gasteiger partial charge is 0.339 e. The van der Waals surface area contributed by atoms with E-state index in [-0.39, 0.29) is 5.91 Å². The Bertz CT molecular complexity index is 912. The van der Waals surface area contributed by atoms with Crippen molar-refractivity contribution in [2.24, 2.45) is 0 Å². The normalized spacial score (nSPS) is 14.5. The van der Waals surface area contributed by atoms with Crippen LogP contribution in [0.4, 0.5) is 5.82 Å². The van der Waals surface area contributed by atoms with Crippen LogP contribution in [-0.4, -0.2) is 21.0 Å². The minimum Gasteiger partial charge on any atom is -0.339 e. The summed E-state index contributed by atoms with van der Waals surface area (Å²) in [6, 6.07) is 10.9. The summed E-state index contributed by atoms with van der Waals surface area (Å²) < 4.78 is 5.42. The third kappa shape index (κ3) is 3.49. The van der Waals surface area contributed by atoms with Gasteiger partial charge < -0.3 is 9.84 Å². The summed E-state index contributed by atoms with van der Waals surface area (Å²) in [6.07, 6.45) is 6.36. The van der Waals surface area contributed by atoms with Crippen molar-refractivity contribution in [1.29, 1.82) is 0 Å². The molecule has 1 aliphatic carbocycles. The van der Waals surface area contributed by atoms with Gasteiger partial charge in [0.25, 0.3) is 5.91 Å². The zero-order valence-corrected chi connectivity index (χ0v) is 14.6. The van der Waals surface area contributed by atoms with Crippen LogP contribution < -0.4 is 5.32 Å². The van der Waals surface area contributed by atoms with Crippen molar-refractivity contribution >= 4 is 11.7 Å². The van der Waals surface area contributed by atoms with Crippen LogP contribution in [0.1, 0.15) is 53.4 Å². The maximum Gasteiger partial charge on any atom is 0.256 e. The molecule has 0 radical (unpaired) electrons. The van der Waals surface area contributed by atoms with Gasteiger partial charge in [-0.15, -0.1) is 0 Å². The van der Waals surface area contributed by atoms with Gasteiger partial charge in [0.15, 0.2) is 0 Å². The average Bonchev–Trinajstić information content (AvgIpc) is 3.33. The van der Waals surface area contributed by atoms with Gasteiger partial charge in [0.1, 0.15) is 5.82 Å². The smallest absolute Gasteiger partial charge is 0.256 e. The first-order valence-electron chi connectivity index (χ1n) is 8.87. The minimum atomic E-state index is -0.200. The number of nitrogens with zero attached hydrogens (tertiary/aromatic N) is 3. The van der Waals surface area contributed by atoms with E-state index in [0.29, 0.717) is 23.1 Å². The number of nitrogens with one attached hydrogen (secondary N) is 1. The molecule has 3 aromatic rings. The highest BCUT2D eigenvalue weighted by Crippen LogP contribution is 2.33. The molecule has 26 heavy (non-hydrogen) atoms. The van der Waals surface area contributed by atoms with Gasteiger partial charge in [0.2, 0.25) is 11.7 Å². The quantitative estimate of drug-likeness (QED) is 0.758. The van der Waals surface area contributed by atoms with E-state index in [1.54, 1.807) is 18.3 Å². The summed E-state index contributed by atoms with van der Waals surface area (Å²) in [4.78, 5) is 21.0. The molecule has 0 saturated heterocycles. The summed E-state index contributed by atoms with van der Waals surface area (Å²) in [6.45, 7) is 1.96. The molecule has 1 fully saturated rings. The average molecular weight is 348 g/mol. The number of rotatable bonds is 4. The van der Waals surface area contributed by atoms with E-state index in [1.165, 1.54) is 12.8 Å². The first kappa shape index (κ1) is 16.4. The molecule has 0 unspecified atom stereocenters. The Morgan fingerprint density at radius 1 is 1.15 bits per heavy atom. The molecule has 1 N–H and O–H groups in total. The number of aromatic nitrogens is 3. The number of anilines is 1. The SMILES string of the molecule is Cc1ccnc(NC(=O)c2ccc(-c3noc(C4CCCC4)n3)cc2)c1. The van der Waals surface area contributed by atoms with Gasteiger partial charge in [-0.3, -0.25) is 4.79 Å². The summed E-state index contributed by atoms with van der Waals surface area (Å²) in [5.74, 6) is 2.03. The molecule has 0 bridgehead atoms. The van der Waals surface area contributed by atoms with Crippen molar-refractivity contribution in [2.75, 3.05) is 5.32 Å². The van der Waals surface area contributed by atoms with Gasteiger partial charge >= 0.3 is 0 Å². The summed E-state index contributed by atoms with van der Waals surface area (Å²) in [5, 5.41) is 6.89. The Labute approximate surface area is 151 Å². The Morgan fingerprint density at radius 2 is 1.92 bits per heavy atom. The minimum absolute atomic E-state index is 0.200. The molecule has 6 heteroatoms. The highest BCUT2D eigenvalue weighted by atomic mass is 16.5. The molecule has 0 aliphatic heterocycles. The maximum absolute atomic E-state index is 12.4. The summed E-state index contributed by atoms with van der Waals surface area (Å²) in [5.41, 5.74) is 2.43. The second kappa shape index (κ2) is 7.07. The zero-order valence-electron chi connectivity index (χ0n) is 14.6. The van der Waals surface area contributed by atoms with E-state index in [1.807, 2.05) is 31.2 Å². The number of hydrogen-bond acceptors (Lipinski definition) is 5. The van der Waals surface area contributed by atoms with Crippen LogP contribution in [0.3, 0.4) is 0 Å². The number of carbonyl (C=O) groups is 1. The highest BCUT2D eigenvalue weighted by Gasteiger charge is 2.23. The van der Waals surface area contributed by atoms with Crippen LogP contribution in [0.5, 0.6) is 0 Å². The Balaban J connectivity index is 1.47. The number of amides is 1. The molecule has 0 spiro atoms. The van der Waals surface area contributed by atoms with Gasteiger partial charge in [-0.1, -0.05) is 30.1 Å². The molecule has 1 saturated carbocycles. The monoisotopic (exact) mass is 348 g/mol. The molecule has 132 valence electrons. The van der Waals surface area contributed by atoms with Gasteiger partial charge in [-0.2, -0.15) is 4.98 Å². The van der Waals surface area contributed by atoms with Crippen molar-refractivity contribution in [3.63, 3.8) is 0 Å². The molecule has 0 atom stereocenters. The van der Waals surface area contributed by atoms with E-state index in [4.69, 9.17) is 4.52 Å². The number of carbonyl (C=O) groups excluding carboxylic acids is 1. The highest BCUT2D eigenvalue weighted by molar-refractivity contribution is 6.03. The fourth-order valence-corrected chi connectivity index (χ4v) is 3.25. The van der Waals surface area contributed by atoms with Crippen molar-refractivity contribution in [3.8, 4) is 11.4 Å². The van der Waals surface area contributed by atoms with E-state index >= 15 is 0 Å². The van der Waals surface area contributed by atoms with Crippen LogP contribution in [-0.2, 0) is 0 Å². The van der Waals surface area contributed by atoms with Gasteiger partial charge in [0, 0.05) is 23.2 Å². The summed E-state index contributed by atoms with van der Waals surface area (Å²) in [7, 11) is 0. The number of pyridine rings is 1. The summed E-state index contributed by atoms with van der Waals surface area (Å²) >= 11 is 0. The fraction of sp³-hybridized carbons (Fsp3) is 0.300. The standard InChI is InChI=1S/C20H20N4O2/c1-13-10-11-21-17(12-13)22-19(25)15-8-6-14(7-9-15)18-23-20(26-24-18)16-4-2-3-5-16/h6-12,16H,2-5H2,1H3,(H,21,22,25). The molecule has 1 aromatic carbocycles. The van der Waals surface area contributed by atoms with Crippen molar-refractivity contribution < 1.29 is 9.32 Å². The third-order valence-electron chi connectivity index (χ3n) is 4.71. The predicted molar refractivity (Wildman–Crippen MR) is 97.9 cm³/mol. The molecule has 1 aliphatic rings. The molecule has 2 aromatic heterocycles. The second-order valence-corrected chi connectivity index (χ2v) is 6.69. The van der Waals surface area contributed by atoms with E-state index in [0.717, 1.165) is 29.9 Å². The van der Waals surface area contributed by atoms with Gasteiger partial charge in [0.05, 0.1) is 0 Å². The van der Waals surface area contributed by atoms with Crippen molar-refractivity contribution in [3.05, 3.63) is 59.6 Å². The third-order valence-corrected chi connectivity index (χ3v) is 4.71. The van der Waals surface area contributed by atoms with Crippen LogP contribution in [0.25, 0.3) is 11.4 Å². The van der Waals surface area contributed by atoms with E-state index < -0.39 is 0 Å². The molecule has 4 rings (SSSR count). The Kier molecular flexibility index (Phi) is 4.48. The van der Waals surface area contributed by atoms with E-state index in [9.17, 15) is 4.79 Å². The lowest BCUT2D eigenvalue weighted by molar-refractivity contribution is 0.102. The van der Waals surface area contributed by atoms with Crippen LogP contribution >= 0.6 is 0 Å². The van der Waals surface area contributed by atoms with E-state index in [2.05, 4.69) is 20.4 Å². The lowest BCUT2D eigenvalue weighted by Gasteiger charge is -2.05. The van der Waals surface area contributed by atoms with Crippen LogP contribution in [0.2, 0.25) is 0 Å². The molecule has 2 heterocycles. The first-order chi connectivity index (χ1) is 12.7. The molecular formula is C20H20N4O2. The Hall–Kier alpha value is -3.02. The van der Waals surface area contributed by atoms with Crippen LogP contribution in [0, 0.1) is 6.92 Å². The maximum atomic E-state index is 12.4.